The Labute approximate surface area is 116 Å². The summed E-state index contributed by atoms with van der Waals surface area (Å²) in [6.45, 7) is 4.03. The highest BCUT2D eigenvalue weighted by Crippen LogP contribution is 2.15. The predicted octanol–water partition coefficient (Wildman–Crippen LogP) is 1.61. The quantitative estimate of drug-likeness (QED) is 0.792. The van der Waals surface area contributed by atoms with Gasteiger partial charge in [-0.05, 0) is 18.2 Å². The number of nitrogens with zero attached hydrogens (tertiary/aromatic N) is 3. The molecule has 0 N–H and O–H groups in total. The van der Waals surface area contributed by atoms with Crippen LogP contribution < -0.4 is 10.5 Å². The summed E-state index contributed by atoms with van der Waals surface area (Å²) in [7, 11) is 1.51. The van der Waals surface area contributed by atoms with Crippen LogP contribution in [0.2, 0.25) is 0 Å². The maximum atomic E-state index is 12.5. The molecule has 1 amide bonds. The Balaban J connectivity index is 2.39. The first kappa shape index (κ1) is 13.7. The summed E-state index contributed by atoms with van der Waals surface area (Å²) in [6, 6.07) is 12.0. The smallest absolute Gasteiger partial charge is 0.278 e. The van der Waals surface area contributed by atoms with Crippen LogP contribution in [0.25, 0.3) is 0 Å². The van der Waals surface area contributed by atoms with Crippen molar-refractivity contribution in [2.45, 2.75) is 0 Å². The van der Waals surface area contributed by atoms with E-state index in [1.54, 1.807) is 11.0 Å². The molecule has 102 valence electrons. The Hall–Kier alpha value is -2.69. The highest BCUT2D eigenvalue weighted by Gasteiger charge is 2.18. The lowest BCUT2D eigenvalue weighted by Crippen LogP contribution is -2.33. The van der Waals surface area contributed by atoms with Gasteiger partial charge in [0.15, 0.2) is 0 Å². The molecule has 0 fully saturated rings. The molecule has 0 aliphatic heterocycles. The van der Waals surface area contributed by atoms with E-state index in [9.17, 15) is 9.59 Å². The molecule has 5 heteroatoms. The molecule has 0 atom stereocenters. The number of benzene rings is 1. The molecule has 20 heavy (non-hydrogen) atoms. The third kappa shape index (κ3) is 2.83. The van der Waals surface area contributed by atoms with Crippen molar-refractivity contribution < 1.29 is 4.79 Å². The zero-order valence-electron chi connectivity index (χ0n) is 11.2. The van der Waals surface area contributed by atoms with Crippen LogP contribution in [-0.4, -0.2) is 22.2 Å². The van der Waals surface area contributed by atoms with Crippen molar-refractivity contribution in [1.29, 1.82) is 0 Å². The lowest BCUT2D eigenvalue weighted by atomic mass is 10.2. The number of para-hydroxylation sites is 1. The molecule has 0 saturated carbocycles. The van der Waals surface area contributed by atoms with Gasteiger partial charge in [0.2, 0.25) is 0 Å². The summed E-state index contributed by atoms with van der Waals surface area (Å²) in [5.74, 6) is -0.272. The Kier molecular flexibility index (Phi) is 4.10. The van der Waals surface area contributed by atoms with Gasteiger partial charge in [-0.25, -0.2) is 4.68 Å². The summed E-state index contributed by atoms with van der Waals surface area (Å²) >= 11 is 0. The summed E-state index contributed by atoms with van der Waals surface area (Å²) in [6.07, 6.45) is 1.65. The number of amides is 1. The summed E-state index contributed by atoms with van der Waals surface area (Å²) in [5, 5.41) is 3.98. The van der Waals surface area contributed by atoms with Crippen LogP contribution in [0.3, 0.4) is 0 Å². The number of anilines is 1. The van der Waals surface area contributed by atoms with Crippen molar-refractivity contribution in [3.05, 3.63) is 71.2 Å². The molecule has 2 aromatic rings. The van der Waals surface area contributed by atoms with Gasteiger partial charge in [-0.15, -0.1) is 6.58 Å². The van der Waals surface area contributed by atoms with E-state index in [-0.39, 0.29) is 17.2 Å². The van der Waals surface area contributed by atoms with Crippen molar-refractivity contribution in [2.24, 2.45) is 7.05 Å². The van der Waals surface area contributed by atoms with E-state index >= 15 is 0 Å². The molecule has 2 rings (SSSR count). The first-order valence-electron chi connectivity index (χ1n) is 6.15. The highest BCUT2D eigenvalue weighted by atomic mass is 16.2. The number of aromatic nitrogens is 2. The van der Waals surface area contributed by atoms with Crippen LogP contribution in [0.1, 0.15) is 10.5 Å². The van der Waals surface area contributed by atoms with Gasteiger partial charge in [-0.2, -0.15) is 5.10 Å². The second-order valence-corrected chi connectivity index (χ2v) is 4.22. The number of carbonyl (C=O) groups excluding carboxylic acids is 1. The predicted molar refractivity (Wildman–Crippen MR) is 77.8 cm³/mol. The van der Waals surface area contributed by atoms with Gasteiger partial charge < -0.3 is 4.90 Å². The molecule has 0 aliphatic rings. The second-order valence-electron chi connectivity index (χ2n) is 4.22. The van der Waals surface area contributed by atoms with Gasteiger partial charge in [0.05, 0.1) is 0 Å². The average molecular weight is 269 g/mol. The molecule has 0 unspecified atom stereocenters. The van der Waals surface area contributed by atoms with Crippen LogP contribution in [0.15, 0.2) is 59.9 Å². The van der Waals surface area contributed by atoms with Crippen LogP contribution in [0.5, 0.6) is 0 Å². The maximum absolute atomic E-state index is 12.5. The van der Waals surface area contributed by atoms with Crippen LogP contribution in [0, 0.1) is 0 Å². The third-order valence-corrected chi connectivity index (χ3v) is 2.80. The lowest BCUT2D eigenvalue weighted by molar-refractivity contribution is 0.0982. The van der Waals surface area contributed by atoms with E-state index in [0.29, 0.717) is 6.54 Å². The fourth-order valence-electron chi connectivity index (χ4n) is 1.80. The van der Waals surface area contributed by atoms with Crippen molar-refractivity contribution in [2.75, 3.05) is 11.4 Å². The topological polar surface area (TPSA) is 55.2 Å². The molecule has 1 heterocycles. The fraction of sp³-hybridized carbons (Fsp3) is 0.133. The number of carbonyl (C=O) groups is 1. The first-order chi connectivity index (χ1) is 9.63. The SMILES string of the molecule is C=CCN(C(=O)c1ccc(=O)n(C)n1)c1ccccc1. The first-order valence-corrected chi connectivity index (χ1v) is 6.15. The summed E-state index contributed by atoms with van der Waals surface area (Å²) in [4.78, 5) is 25.4. The van der Waals surface area contributed by atoms with E-state index in [0.717, 1.165) is 10.4 Å². The van der Waals surface area contributed by atoms with Gasteiger partial charge in [-0.1, -0.05) is 24.3 Å². The molecular weight excluding hydrogens is 254 g/mol. The highest BCUT2D eigenvalue weighted by molar-refractivity contribution is 6.04. The standard InChI is InChI=1S/C15H15N3O2/c1-3-11-18(12-7-5-4-6-8-12)15(20)13-9-10-14(19)17(2)16-13/h3-10H,1,11H2,2H3. The van der Waals surface area contributed by atoms with Crippen molar-refractivity contribution in [3.63, 3.8) is 0 Å². The molecule has 0 radical (unpaired) electrons. The fourth-order valence-corrected chi connectivity index (χ4v) is 1.80. The van der Waals surface area contributed by atoms with E-state index < -0.39 is 0 Å². The molecule has 0 bridgehead atoms. The number of hydrogen-bond donors (Lipinski definition) is 0. The minimum Gasteiger partial charge on any atom is -0.303 e. The molecule has 1 aromatic heterocycles. The van der Waals surface area contributed by atoms with Crippen molar-refractivity contribution in [3.8, 4) is 0 Å². The van der Waals surface area contributed by atoms with Crippen LogP contribution >= 0.6 is 0 Å². The Morgan fingerprint density at radius 3 is 2.60 bits per heavy atom. The largest absolute Gasteiger partial charge is 0.303 e. The monoisotopic (exact) mass is 269 g/mol. The van der Waals surface area contributed by atoms with E-state index in [1.165, 1.54) is 19.2 Å². The molecule has 0 saturated heterocycles. The van der Waals surface area contributed by atoms with Gasteiger partial charge in [0, 0.05) is 25.3 Å². The van der Waals surface area contributed by atoms with Gasteiger partial charge in [0.25, 0.3) is 11.5 Å². The van der Waals surface area contributed by atoms with Gasteiger partial charge >= 0.3 is 0 Å². The van der Waals surface area contributed by atoms with Crippen LogP contribution in [0.4, 0.5) is 5.69 Å². The Bertz CT molecular complexity index is 677. The van der Waals surface area contributed by atoms with E-state index in [4.69, 9.17) is 0 Å². The molecule has 5 nitrogen and oxygen atoms in total. The minimum atomic E-state index is -0.272. The summed E-state index contributed by atoms with van der Waals surface area (Å²) < 4.78 is 1.14. The normalized spacial score (nSPS) is 10.1. The van der Waals surface area contributed by atoms with Crippen molar-refractivity contribution >= 4 is 11.6 Å². The Morgan fingerprint density at radius 2 is 2.00 bits per heavy atom. The lowest BCUT2D eigenvalue weighted by Gasteiger charge is -2.20. The van der Waals surface area contributed by atoms with E-state index in [2.05, 4.69) is 11.7 Å². The van der Waals surface area contributed by atoms with Crippen LogP contribution in [-0.2, 0) is 7.05 Å². The molecule has 1 aromatic carbocycles. The second kappa shape index (κ2) is 5.97. The number of aryl methyl sites for hydroxylation is 1. The number of rotatable bonds is 4. The molecular formula is C15H15N3O2. The third-order valence-electron chi connectivity index (χ3n) is 2.80. The van der Waals surface area contributed by atoms with E-state index in [1.807, 2.05) is 30.3 Å². The molecule has 0 spiro atoms. The van der Waals surface area contributed by atoms with Crippen molar-refractivity contribution in [1.82, 2.24) is 9.78 Å². The maximum Gasteiger partial charge on any atom is 0.278 e. The minimum absolute atomic E-state index is 0.220. The van der Waals surface area contributed by atoms with Gasteiger partial charge in [0.1, 0.15) is 5.69 Å². The number of hydrogen-bond acceptors (Lipinski definition) is 3. The zero-order chi connectivity index (χ0) is 14.5. The average Bonchev–Trinajstić information content (AvgIpc) is 2.48. The molecule has 0 aliphatic carbocycles. The Morgan fingerprint density at radius 1 is 1.30 bits per heavy atom. The zero-order valence-corrected chi connectivity index (χ0v) is 11.2. The summed E-state index contributed by atoms with van der Waals surface area (Å²) in [5.41, 5.74) is 0.724. The van der Waals surface area contributed by atoms with Gasteiger partial charge in [-0.3, -0.25) is 9.59 Å².